The highest BCUT2D eigenvalue weighted by molar-refractivity contribution is 5.79. The third-order valence-corrected chi connectivity index (χ3v) is 4.30. The lowest BCUT2D eigenvalue weighted by molar-refractivity contribution is -0.100. The van der Waals surface area contributed by atoms with Crippen LogP contribution in [-0.4, -0.2) is 22.8 Å². The van der Waals surface area contributed by atoms with Crippen LogP contribution < -0.4 is 0 Å². The van der Waals surface area contributed by atoms with Gasteiger partial charge >= 0.3 is 0 Å². The average molecular weight is 257 g/mol. The van der Waals surface area contributed by atoms with Crippen molar-refractivity contribution < 1.29 is 9.84 Å². The molecule has 3 rings (SSSR count). The SMILES string of the molecule is COC1(C(O)c2ccc3cccnc3c2)CCCC1. The Morgan fingerprint density at radius 1 is 1.26 bits per heavy atom. The molecule has 3 nitrogen and oxygen atoms in total. The molecule has 0 bridgehead atoms. The van der Waals surface area contributed by atoms with Crippen LogP contribution in [0.2, 0.25) is 0 Å². The normalized spacial score (nSPS) is 19.7. The molecule has 2 aromatic rings. The Hall–Kier alpha value is -1.45. The average Bonchev–Trinajstić information content (AvgIpc) is 2.96. The minimum Gasteiger partial charge on any atom is -0.385 e. The molecular weight excluding hydrogens is 238 g/mol. The summed E-state index contributed by atoms with van der Waals surface area (Å²) in [5.41, 5.74) is 1.40. The Bertz CT molecular complexity index is 576. The van der Waals surface area contributed by atoms with Crippen LogP contribution in [0.15, 0.2) is 36.5 Å². The van der Waals surface area contributed by atoms with E-state index in [0.717, 1.165) is 42.1 Å². The van der Waals surface area contributed by atoms with Crippen molar-refractivity contribution in [2.75, 3.05) is 7.11 Å². The Morgan fingerprint density at radius 2 is 2.05 bits per heavy atom. The number of nitrogens with zero attached hydrogens (tertiary/aromatic N) is 1. The molecule has 1 saturated carbocycles. The number of hydrogen-bond acceptors (Lipinski definition) is 3. The molecule has 0 amide bonds. The molecule has 1 fully saturated rings. The van der Waals surface area contributed by atoms with Crippen LogP contribution in [0.1, 0.15) is 37.4 Å². The van der Waals surface area contributed by atoms with E-state index in [1.807, 2.05) is 30.3 Å². The molecule has 0 radical (unpaired) electrons. The highest BCUT2D eigenvalue weighted by Crippen LogP contribution is 2.42. The number of fused-ring (bicyclic) bond motifs is 1. The van der Waals surface area contributed by atoms with Gasteiger partial charge in [-0.05, 0) is 30.5 Å². The highest BCUT2D eigenvalue weighted by Gasteiger charge is 2.41. The Labute approximate surface area is 113 Å². The number of aliphatic hydroxyl groups is 1. The van der Waals surface area contributed by atoms with Crippen molar-refractivity contribution in [3.05, 3.63) is 42.1 Å². The van der Waals surface area contributed by atoms with E-state index < -0.39 is 11.7 Å². The zero-order chi connectivity index (χ0) is 13.3. The lowest BCUT2D eigenvalue weighted by Crippen LogP contribution is -2.35. The lowest BCUT2D eigenvalue weighted by Gasteiger charge is -2.33. The van der Waals surface area contributed by atoms with Crippen molar-refractivity contribution in [3.63, 3.8) is 0 Å². The largest absolute Gasteiger partial charge is 0.385 e. The molecule has 1 aromatic carbocycles. The second-order valence-corrected chi connectivity index (χ2v) is 5.33. The molecule has 1 aliphatic rings. The maximum Gasteiger partial charge on any atom is 0.108 e. The Balaban J connectivity index is 1.99. The van der Waals surface area contributed by atoms with Crippen LogP contribution in [0.4, 0.5) is 0 Å². The maximum absolute atomic E-state index is 10.7. The van der Waals surface area contributed by atoms with Crippen molar-refractivity contribution in [2.24, 2.45) is 0 Å². The van der Waals surface area contributed by atoms with Gasteiger partial charge in [0.25, 0.3) is 0 Å². The first kappa shape index (κ1) is 12.6. The minimum absolute atomic E-state index is 0.414. The summed E-state index contributed by atoms with van der Waals surface area (Å²) in [6.45, 7) is 0. The molecule has 0 aliphatic heterocycles. The number of ether oxygens (including phenoxy) is 1. The quantitative estimate of drug-likeness (QED) is 0.918. The van der Waals surface area contributed by atoms with Gasteiger partial charge in [-0.15, -0.1) is 0 Å². The summed E-state index contributed by atoms with van der Waals surface area (Å²) >= 11 is 0. The molecule has 1 N–H and O–H groups in total. The van der Waals surface area contributed by atoms with Crippen molar-refractivity contribution in [3.8, 4) is 0 Å². The van der Waals surface area contributed by atoms with Crippen LogP contribution in [0.5, 0.6) is 0 Å². The van der Waals surface area contributed by atoms with Gasteiger partial charge in [-0.2, -0.15) is 0 Å². The molecule has 3 heteroatoms. The van der Waals surface area contributed by atoms with Crippen LogP contribution in [-0.2, 0) is 4.74 Å². The van der Waals surface area contributed by atoms with Crippen molar-refractivity contribution >= 4 is 10.9 Å². The molecular formula is C16H19NO2. The number of rotatable bonds is 3. The summed E-state index contributed by atoms with van der Waals surface area (Å²) in [6, 6.07) is 9.91. The summed E-state index contributed by atoms with van der Waals surface area (Å²) in [4.78, 5) is 4.35. The van der Waals surface area contributed by atoms with E-state index in [1.54, 1.807) is 13.3 Å². The van der Waals surface area contributed by atoms with Crippen molar-refractivity contribution in [2.45, 2.75) is 37.4 Å². The minimum atomic E-state index is -0.577. The predicted molar refractivity (Wildman–Crippen MR) is 74.9 cm³/mol. The number of aliphatic hydroxyl groups excluding tert-OH is 1. The van der Waals surface area contributed by atoms with Crippen LogP contribution in [0.25, 0.3) is 10.9 Å². The second kappa shape index (κ2) is 4.91. The molecule has 19 heavy (non-hydrogen) atoms. The lowest BCUT2D eigenvalue weighted by atomic mass is 9.89. The van der Waals surface area contributed by atoms with E-state index in [1.165, 1.54) is 0 Å². The fourth-order valence-corrected chi connectivity index (χ4v) is 3.12. The molecule has 100 valence electrons. The Morgan fingerprint density at radius 3 is 2.79 bits per heavy atom. The third kappa shape index (κ3) is 2.13. The molecule has 1 unspecified atom stereocenters. The molecule has 0 saturated heterocycles. The third-order valence-electron chi connectivity index (χ3n) is 4.30. The van der Waals surface area contributed by atoms with Crippen molar-refractivity contribution in [1.29, 1.82) is 0 Å². The summed E-state index contributed by atoms with van der Waals surface area (Å²) in [5.74, 6) is 0. The van der Waals surface area contributed by atoms with E-state index in [9.17, 15) is 5.11 Å². The van der Waals surface area contributed by atoms with E-state index in [4.69, 9.17) is 4.74 Å². The van der Waals surface area contributed by atoms with E-state index in [2.05, 4.69) is 4.98 Å². The standard InChI is InChI=1S/C16H19NO2/c1-19-16(8-2-3-9-16)15(18)13-7-6-12-5-4-10-17-14(12)11-13/h4-7,10-11,15,18H,2-3,8-9H2,1H3. The van der Waals surface area contributed by atoms with Gasteiger partial charge in [0.2, 0.25) is 0 Å². The van der Waals surface area contributed by atoms with Crippen LogP contribution >= 0.6 is 0 Å². The van der Waals surface area contributed by atoms with Gasteiger partial charge in [-0.25, -0.2) is 0 Å². The number of pyridine rings is 1. The number of hydrogen-bond donors (Lipinski definition) is 1. The van der Waals surface area contributed by atoms with Gasteiger partial charge in [0, 0.05) is 18.7 Å². The first-order chi connectivity index (χ1) is 9.25. The van der Waals surface area contributed by atoms with Crippen LogP contribution in [0, 0.1) is 0 Å². The predicted octanol–water partition coefficient (Wildman–Crippen LogP) is 3.23. The van der Waals surface area contributed by atoms with E-state index in [0.29, 0.717) is 0 Å². The molecule has 0 spiro atoms. The highest BCUT2D eigenvalue weighted by atomic mass is 16.5. The number of benzene rings is 1. The van der Waals surface area contributed by atoms with Gasteiger partial charge < -0.3 is 9.84 Å². The summed E-state index contributed by atoms with van der Waals surface area (Å²) in [6.07, 6.45) is 5.29. The maximum atomic E-state index is 10.7. The fraction of sp³-hybridized carbons (Fsp3) is 0.438. The molecule has 1 heterocycles. The first-order valence-corrected chi connectivity index (χ1v) is 6.83. The van der Waals surface area contributed by atoms with Gasteiger partial charge in [-0.1, -0.05) is 31.0 Å². The van der Waals surface area contributed by atoms with E-state index in [-0.39, 0.29) is 0 Å². The van der Waals surface area contributed by atoms with Gasteiger partial charge in [0.1, 0.15) is 6.10 Å². The van der Waals surface area contributed by atoms with Crippen molar-refractivity contribution in [1.82, 2.24) is 4.98 Å². The second-order valence-electron chi connectivity index (χ2n) is 5.33. The monoisotopic (exact) mass is 257 g/mol. The molecule has 1 aromatic heterocycles. The summed E-state index contributed by atoms with van der Waals surface area (Å²) < 4.78 is 5.66. The zero-order valence-electron chi connectivity index (χ0n) is 11.2. The first-order valence-electron chi connectivity index (χ1n) is 6.83. The van der Waals surface area contributed by atoms with Gasteiger partial charge in [0.05, 0.1) is 11.1 Å². The van der Waals surface area contributed by atoms with Gasteiger partial charge in [-0.3, -0.25) is 4.98 Å². The number of aromatic nitrogens is 1. The topological polar surface area (TPSA) is 42.4 Å². The van der Waals surface area contributed by atoms with Crippen LogP contribution in [0.3, 0.4) is 0 Å². The van der Waals surface area contributed by atoms with E-state index >= 15 is 0 Å². The Kier molecular flexibility index (Phi) is 3.25. The molecule has 1 aliphatic carbocycles. The fourth-order valence-electron chi connectivity index (χ4n) is 3.12. The summed E-state index contributed by atoms with van der Waals surface area (Å²) in [5, 5.41) is 11.8. The molecule has 1 atom stereocenters. The summed E-state index contributed by atoms with van der Waals surface area (Å²) in [7, 11) is 1.70. The van der Waals surface area contributed by atoms with Gasteiger partial charge in [0.15, 0.2) is 0 Å². The number of methoxy groups -OCH3 is 1. The smallest absolute Gasteiger partial charge is 0.108 e. The zero-order valence-corrected chi connectivity index (χ0v) is 11.2.